The Kier molecular flexibility index (Phi) is 2.99. The second kappa shape index (κ2) is 4.44. The summed E-state index contributed by atoms with van der Waals surface area (Å²) in [6.07, 6.45) is 1.36. The van der Waals surface area contributed by atoms with Crippen LogP contribution in [0.2, 0.25) is 0 Å². The molecule has 17 heavy (non-hydrogen) atoms. The van der Waals surface area contributed by atoms with Crippen LogP contribution in [-0.4, -0.2) is 31.1 Å². The first-order valence-corrected chi connectivity index (χ1v) is 5.29. The van der Waals surface area contributed by atoms with Crippen molar-refractivity contribution in [3.63, 3.8) is 0 Å². The molecule has 1 atom stereocenters. The van der Waals surface area contributed by atoms with E-state index in [1.807, 2.05) is 13.8 Å². The molecule has 2 heterocycles. The molecule has 0 amide bonds. The Hall–Kier alpha value is -2.05. The third-order valence-electron chi connectivity index (χ3n) is 2.44. The molecule has 0 aromatic carbocycles. The van der Waals surface area contributed by atoms with Gasteiger partial charge in [-0.2, -0.15) is 10.1 Å². The third-order valence-corrected chi connectivity index (χ3v) is 2.44. The SMILES string of the molecule is CC(=O)C(c1nc(-c2ncn[nH]2)no1)C(C)C. The van der Waals surface area contributed by atoms with Gasteiger partial charge >= 0.3 is 0 Å². The van der Waals surface area contributed by atoms with Gasteiger partial charge in [-0.15, -0.1) is 0 Å². The first kappa shape index (κ1) is 11.4. The van der Waals surface area contributed by atoms with Gasteiger partial charge in [0.2, 0.25) is 11.7 Å². The first-order valence-electron chi connectivity index (χ1n) is 5.29. The Bertz CT molecular complexity index is 503. The molecule has 2 rings (SSSR count). The average molecular weight is 235 g/mol. The van der Waals surface area contributed by atoms with Crippen LogP contribution in [0.25, 0.3) is 11.6 Å². The monoisotopic (exact) mass is 235 g/mol. The van der Waals surface area contributed by atoms with Crippen molar-refractivity contribution in [1.82, 2.24) is 25.3 Å². The zero-order valence-corrected chi connectivity index (χ0v) is 9.84. The number of carbonyl (C=O) groups is 1. The van der Waals surface area contributed by atoms with Gasteiger partial charge in [0, 0.05) is 0 Å². The predicted molar refractivity (Wildman–Crippen MR) is 57.9 cm³/mol. The number of aromatic amines is 1. The molecule has 7 heteroatoms. The molecular weight excluding hydrogens is 222 g/mol. The van der Waals surface area contributed by atoms with E-state index < -0.39 is 0 Å². The molecule has 0 aliphatic heterocycles. The van der Waals surface area contributed by atoms with Crippen molar-refractivity contribution in [3.8, 4) is 11.6 Å². The van der Waals surface area contributed by atoms with Crippen molar-refractivity contribution in [1.29, 1.82) is 0 Å². The van der Waals surface area contributed by atoms with Gasteiger partial charge in [0.05, 0.1) is 5.92 Å². The van der Waals surface area contributed by atoms with E-state index in [1.54, 1.807) is 0 Å². The van der Waals surface area contributed by atoms with E-state index in [0.29, 0.717) is 17.5 Å². The van der Waals surface area contributed by atoms with Gasteiger partial charge < -0.3 is 4.52 Å². The summed E-state index contributed by atoms with van der Waals surface area (Å²) in [4.78, 5) is 19.6. The maximum Gasteiger partial charge on any atom is 0.239 e. The van der Waals surface area contributed by atoms with Crippen molar-refractivity contribution < 1.29 is 9.32 Å². The zero-order chi connectivity index (χ0) is 12.4. The number of nitrogens with zero attached hydrogens (tertiary/aromatic N) is 4. The van der Waals surface area contributed by atoms with Crippen LogP contribution in [0.5, 0.6) is 0 Å². The maximum atomic E-state index is 11.5. The lowest BCUT2D eigenvalue weighted by Crippen LogP contribution is -2.15. The predicted octanol–water partition coefficient (Wildman–Crippen LogP) is 1.18. The van der Waals surface area contributed by atoms with Crippen LogP contribution in [0.3, 0.4) is 0 Å². The van der Waals surface area contributed by atoms with Gasteiger partial charge in [0.1, 0.15) is 12.1 Å². The zero-order valence-electron chi connectivity index (χ0n) is 9.84. The average Bonchev–Trinajstić information content (AvgIpc) is 2.83. The highest BCUT2D eigenvalue weighted by atomic mass is 16.5. The van der Waals surface area contributed by atoms with Gasteiger partial charge in [-0.1, -0.05) is 19.0 Å². The molecule has 0 bridgehead atoms. The number of H-pyrrole nitrogens is 1. The fourth-order valence-corrected chi connectivity index (χ4v) is 1.70. The summed E-state index contributed by atoms with van der Waals surface area (Å²) in [6.45, 7) is 5.39. The molecule has 2 aromatic rings. The topological polar surface area (TPSA) is 97.6 Å². The van der Waals surface area contributed by atoms with Crippen molar-refractivity contribution >= 4 is 5.78 Å². The fraction of sp³-hybridized carbons (Fsp3) is 0.500. The van der Waals surface area contributed by atoms with Gasteiger partial charge in [0.15, 0.2) is 5.82 Å². The van der Waals surface area contributed by atoms with Crippen LogP contribution in [0.4, 0.5) is 0 Å². The van der Waals surface area contributed by atoms with Crippen molar-refractivity contribution in [3.05, 3.63) is 12.2 Å². The molecular formula is C10H13N5O2. The number of Topliss-reactive ketones (excluding diaryl/α,β-unsaturated/α-hetero) is 1. The number of hydrogen-bond donors (Lipinski definition) is 1. The van der Waals surface area contributed by atoms with E-state index in [0.717, 1.165) is 0 Å². The molecule has 0 aliphatic rings. The molecule has 0 aliphatic carbocycles. The Morgan fingerprint density at radius 2 is 2.24 bits per heavy atom. The van der Waals surface area contributed by atoms with Crippen LogP contribution in [0.15, 0.2) is 10.9 Å². The van der Waals surface area contributed by atoms with Crippen LogP contribution in [-0.2, 0) is 4.79 Å². The minimum absolute atomic E-state index is 0.00719. The van der Waals surface area contributed by atoms with Crippen molar-refractivity contribution in [2.75, 3.05) is 0 Å². The van der Waals surface area contributed by atoms with Gasteiger partial charge in [0.25, 0.3) is 0 Å². The first-order chi connectivity index (χ1) is 8.09. The Labute approximate surface area is 97.6 Å². The minimum atomic E-state index is -0.376. The standard InChI is InChI=1S/C10H13N5O2/c1-5(2)7(6(3)16)10-13-9(15-17-10)8-11-4-12-14-8/h4-5,7H,1-3H3,(H,11,12,14). The number of aromatic nitrogens is 5. The molecule has 0 saturated heterocycles. The van der Waals surface area contributed by atoms with Crippen molar-refractivity contribution in [2.24, 2.45) is 5.92 Å². The highest BCUT2D eigenvalue weighted by Crippen LogP contribution is 2.25. The van der Waals surface area contributed by atoms with E-state index in [-0.39, 0.29) is 17.6 Å². The highest BCUT2D eigenvalue weighted by molar-refractivity contribution is 5.82. The Balaban J connectivity index is 2.31. The normalized spacial score (nSPS) is 12.9. The molecule has 90 valence electrons. The number of ketones is 1. The smallest absolute Gasteiger partial charge is 0.239 e. The molecule has 0 radical (unpaired) electrons. The van der Waals surface area contributed by atoms with Crippen LogP contribution in [0, 0.1) is 5.92 Å². The quantitative estimate of drug-likeness (QED) is 0.854. The number of nitrogens with one attached hydrogen (secondary N) is 1. The van der Waals surface area contributed by atoms with Crippen LogP contribution < -0.4 is 0 Å². The largest absolute Gasteiger partial charge is 0.338 e. The molecule has 2 aromatic heterocycles. The Morgan fingerprint density at radius 1 is 1.47 bits per heavy atom. The Morgan fingerprint density at radius 3 is 2.76 bits per heavy atom. The van der Waals surface area contributed by atoms with Crippen LogP contribution in [0.1, 0.15) is 32.6 Å². The molecule has 1 unspecified atom stereocenters. The van der Waals surface area contributed by atoms with Crippen LogP contribution >= 0.6 is 0 Å². The number of carbonyl (C=O) groups excluding carboxylic acids is 1. The van der Waals surface area contributed by atoms with Gasteiger partial charge in [-0.05, 0) is 12.8 Å². The summed E-state index contributed by atoms with van der Waals surface area (Å²) >= 11 is 0. The third kappa shape index (κ3) is 2.22. The molecule has 0 saturated carbocycles. The lowest BCUT2D eigenvalue weighted by atomic mass is 9.92. The summed E-state index contributed by atoms with van der Waals surface area (Å²) in [5.41, 5.74) is 0. The summed E-state index contributed by atoms with van der Waals surface area (Å²) in [5, 5.41) is 10.1. The number of rotatable bonds is 4. The summed E-state index contributed by atoms with van der Waals surface area (Å²) in [5.74, 6) is 0.789. The lowest BCUT2D eigenvalue weighted by Gasteiger charge is -2.12. The minimum Gasteiger partial charge on any atom is -0.338 e. The van der Waals surface area contributed by atoms with E-state index >= 15 is 0 Å². The maximum absolute atomic E-state index is 11.5. The second-order valence-corrected chi connectivity index (χ2v) is 4.12. The second-order valence-electron chi connectivity index (χ2n) is 4.12. The number of hydrogen-bond acceptors (Lipinski definition) is 6. The summed E-state index contributed by atoms with van der Waals surface area (Å²) < 4.78 is 5.10. The van der Waals surface area contributed by atoms with E-state index in [4.69, 9.17) is 4.52 Å². The van der Waals surface area contributed by atoms with E-state index in [9.17, 15) is 4.79 Å². The molecule has 0 fully saturated rings. The van der Waals surface area contributed by atoms with E-state index in [1.165, 1.54) is 13.3 Å². The molecule has 7 nitrogen and oxygen atoms in total. The lowest BCUT2D eigenvalue weighted by molar-refractivity contribution is -0.119. The van der Waals surface area contributed by atoms with Gasteiger partial charge in [-0.25, -0.2) is 4.98 Å². The summed E-state index contributed by atoms with van der Waals surface area (Å²) in [6, 6.07) is 0. The fourth-order valence-electron chi connectivity index (χ4n) is 1.70. The molecule has 0 spiro atoms. The van der Waals surface area contributed by atoms with E-state index in [2.05, 4.69) is 25.3 Å². The summed E-state index contributed by atoms with van der Waals surface area (Å²) in [7, 11) is 0. The molecule has 1 N–H and O–H groups in total. The van der Waals surface area contributed by atoms with Gasteiger partial charge in [-0.3, -0.25) is 9.89 Å². The van der Waals surface area contributed by atoms with Crippen molar-refractivity contribution in [2.45, 2.75) is 26.7 Å². The highest BCUT2D eigenvalue weighted by Gasteiger charge is 2.27.